The lowest BCUT2D eigenvalue weighted by Crippen LogP contribution is -2.54. The topological polar surface area (TPSA) is 166 Å². The molecule has 13 heteroatoms. The van der Waals surface area contributed by atoms with Crippen molar-refractivity contribution in [2.75, 3.05) is 47.5 Å². The summed E-state index contributed by atoms with van der Waals surface area (Å²) in [6, 6.07) is 4.43. The largest absolute Gasteiger partial charge is 0.466 e. The maximum Gasteiger partial charge on any atom is 0.338 e. The number of amides is 3. The van der Waals surface area contributed by atoms with Crippen LogP contribution < -0.4 is 16.0 Å². The van der Waals surface area contributed by atoms with Crippen LogP contribution in [0.5, 0.6) is 0 Å². The second-order valence-corrected chi connectivity index (χ2v) is 20.1. The smallest absolute Gasteiger partial charge is 0.338 e. The van der Waals surface area contributed by atoms with Gasteiger partial charge in [-0.25, -0.2) is 9.59 Å². The zero-order chi connectivity index (χ0) is 50.3. The van der Waals surface area contributed by atoms with Crippen LogP contribution in [0.15, 0.2) is 24.3 Å². The Labute approximate surface area is 412 Å². The Morgan fingerprint density at radius 3 is 1.44 bits per heavy atom. The van der Waals surface area contributed by atoms with Gasteiger partial charge in [-0.15, -0.1) is 0 Å². The van der Waals surface area contributed by atoms with E-state index >= 15 is 0 Å². The predicted octanol–water partition coefficient (Wildman–Crippen LogP) is 10.8. The Morgan fingerprint density at radius 1 is 0.500 bits per heavy atom. The molecule has 1 aromatic carbocycles. The van der Waals surface area contributed by atoms with Crippen molar-refractivity contribution in [3.63, 3.8) is 0 Å². The summed E-state index contributed by atoms with van der Waals surface area (Å²) in [5.74, 6) is -2.68. The summed E-state index contributed by atoms with van der Waals surface area (Å²) in [5.41, 5.74) is 1.68. The summed E-state index contributed by atoms with van der Waals surface area (Å²) in [6.45, 7) is 9.40. The Balaban J connectivity index is 2.43. The minimum absolute atomic E-state index is 0.00338. The van der Waals surface area contributed by atoms with Gasteiger partial charge in [0.1, 0.15) is 18.1 Å². The Bertz CT molecular complexity index is 1510. The second-order valence-electron chi connectivity index (χ2n) is 20.1. The number of benzene rings is 1. The molecule has 3 atom stereocenters. The molecule has 3 amide bonds. The van der Waals surface area contributed by atoms with Crippen LogP contribution >= 0.6 is 0 Å². The first-order valence-corrected chi connectivity index (χ1v) is 26.9. The molecule has 0 radical (unpaired) electrons. The first kappa shape index (κ1) is 62.0. The first-order chi connectivity index (χ1) is 32.6. The molecule has 0 bridgehead atoms. The normalized spacial score (nSPS) is 12.7. The van der Waals surface area contributed by atoms with Crippen LogP contribution in [0, 0.1) is 6.92 Å². The number of hydrogen-bond donors (Lipinski definition) is 3. The molecule has 0 saturated heterocycles. The number of carbonyl (C=O) groups excluding carboxylic acids is 6. The summed E-state index contributed by atoms with van der Waals surface area (Å²) in [4.78, 5) is 77.0. The quantitative estimate of drug-likeness (QED) is 0.0250. The van der Waals surface area contributed by atoms with Gasteiger partial charge < -0.3 is 34.6 Å². The molecular weight excluding hydrogens is 861 g/mol. The average molecular weight is 958 g/mol. The summed E-state index contributed by atoms with van der Waals surface area (Å²) < 4.78 is 17.4. The lowest BCUT2D eigenvalue weighted by Gasteiger charge is -2.23. The molecular formula is C55H97N4O9+. The lowest BCUT2D eigenvalue weighted by atomic mass is 10.1. The van der Waals surface area contributed by atoms with Crippen molar-refractivity contribution >= 4 is 35.6 Å². The van der Waals surface area contributed by atoms with Gasteiger partial charge in [0.2, 0.25) is 17.7 Å². The van der Waals surface area contributed by atoms with E-state index in [1.165, 1.54) is 77.7 Å². The maximum atomic E-state index is 13.3. The fourth-order valence-electron chi connectivity index (χ4n) is 7.85. The number of nitrogens with one attached hydrogen (secondary N) is 3. The van der Waals surface area contributed by atoms with Crippen LogP contribution in [-0.2, 0) is 38.2 Å². The number of ether oxygens (including phenoxy) is 3. The third kappa shape index (κ3) is 35.2. The molecule has 0 aliphatic carbocycles. The van der Waals surface area contributed by atoms with E-state index in [-0.39, 0.29) is 37.9 Å². The number of carbonyl (C=O) groups is 6. The van der Waals surface area contributed by atoms with Crippen LogP contribution in [0.4, 0.5) is 0 Å². The van der Waals surface area contributed by atoms with Gasteiger partial charge in [-0.3, -0.25) is 19.2 Å². The Morgan fingerprint density at radius 2 is 0.926 bits per heavy atom. The van der Waals surface area contributed by atoms with Gasteiger partial charge in [-0.05, 0) is 77.8 Å². The van der Waals surface area contributed by atoms with Crippen molar-refractivity contribution < 1.29 is 47.5 Å². The van der Waals surface area contributed by atoms with Crippen molar-refractivity contribution in [2.45, 2.75) is 232 Å². The van der Waals surface area contributed by atoms with Crippen molar-refractivity contribution in [1.82, 2.24) is 16.0 Å². The highest BCUT2D eigenvalue weighted by atomic mass is 16.5. The van der Waals surface area contributed by atoms with E-state index in [9.17, 15) is 28.8 Å². The van der Waals surface area contributed by atoms with Gasteiger partial charge >= 0.3 is 17.9 Å². The van der Waals surface area contributed by atoms with Crippen LogP contribution in [0.3, 0.4) is 0 Å². The number of aryl methyl sites for hydroxylation is 1. The highest BCUT2D eigenvalue weighted by Crippen LogP contribution is 2.14. The molecule has 0 unspecified atom stereocenters. The average Bonchev–Trinajstić information content (AvgIpc) is 3.29. The van der Waals surface area contributed by atoms with E-state index in [1.54, 1.807) is 19.1 Å². The number of rotatable bonds is 43. The monoisotopic (exact) mass is 958 g/mol. The van der Waals surface area contributed by atoms with E-state index in [2.05, 4.69) is 44.0 Å². The number of nitrogens with zero attached hydrogens (tertiary/aromatic N) is 1. The van der Waals surface area contributed by atoms with Crippen LogP contribution in [0.2, 0.25) is 0 Å². The number of quaternary nitrogens is 1. The van der Waals surface area contributed by atoms with Crippen LogP contribution in [-0.4, -0.2) is 106 Å². The molecule has 390 valence electrons. The van der Waals surface area contributed by atoms with Crippen LogP contribution in [0.25, 0.3) is 0 Å². The van der Waals surface area contributed by atoms with Gasteiger partial charge in [-0.2, -0.15) is 0 Å². The van der Waals surface area contributed by atoms with E-state index in [0.29, 0.717) is 25.0 Å². The minimum Gasteiger partial charge on any atom is -0.466 e. The highest BCUT2D eigenvalue weighted by Gasteiger charge is 2.28. The second kappa shape index (κ2) is 39.8. The standard InChI is InChI=1S/C55H96N4O9/c1-8-9-10-11-12-13-16-22-28-33-44-68-55(65)49(39-40-51(61)66-42-31-26-21-17-18-23-27-32-43-67-54(64)48-37-35-45(2)36-38-48)58-53(63)47(4)57-52(62)46(3)56-50(60)34-29-24-19-14-15-20-25-30-41-59(5,6)7/h35-38,46-47,49H,8-34,39-44H2,1-7H3,(H2-,56,57,58,60,62,63)/p+1/t46-,47-,49+/m1/s1. The van der Waals surface area contributed by atoms with E-state index < -0.39 is 41.9 Å². The van der Waals surface area contributed by atoms with Crippen molar-refractivity contribution in [2.24, 2.45) is 0 Å². The zero-order valence-corrected chi connectivity index (χ0v) is 44.0. The summed E-state index contributed by atoms with van der Waals surface area (Å²) in [5, 5.41) is 8.07. The van der Waals surface area contributed by atoms with E-state index in [4.69, 9.17) is 14.2 Å². The molecule has 0 aliphatic rings. The Kier molecular flexibility index (Phi) is 36.3. The molecule has 0 spiro atoms. The van der Waals surface area contributed by atoms with Crippen molar-refractivity contribution in [3.8, 4) is 0 Å². The molecule has 0 saturated carbocycles. The SMILES string of the molecule is CCCCCCCCCCCCOC(=O)[C@H](CCC(=O)OCCCCCCCCCCOC(=O)c1ccc(C)cc1)NC(=O)[C@@H](C)NC(=O)[C@@H](C)NC(=O)CCCCCCCCCC[N+](C)(C)C. The fraction of sp³-hybridized carbons (Fsp3) is 0.782. The van der Waals surface area contributed by atoms with Gasteiger partial charge in [0.15, 0.2) is 0 Å². The van der Waals surface area contributed by atoms with E-state index in [0.717, 1.165) is 106 Å². The molecule has 13 nitrogen and oxygen atoms in total. The van der Waals surface area contributed by atoms with Gasteiger partial charge in [0.25, 0.3) is 0 Å². The van der Waals surface area contributed by atoms with Gasteiger partial charge in [0.05, 0.1) is 53.1 Å². The van der Waals surface area contributed by atoms with Gasteiger partial charge in [-0.1, -0.05) is 153 Å². The molecule has 0 aliphatic heterocycles. The number of unbranched alkanes of at least 4 members (excludes halogenated alkanes) is 23. The maximum absolute atomic E-state index is 13.3. The minimum atomic E-state index is -1.09. The molecule has 68 heavy (non-hydrogen) atoms. The Hall–Kier alpha value is -4.00. The predicted molar refractivity (Wildman–Crippen MR) is 273 cm³/mol. The lowest BCUT2D eigenvalue weighted by molar-refractivity contribution is -0.870. The summed E-state index contributed by atoms with van der Waals surface area (Å²) in [7, 11) is 6.66. The third-order valence-corrected chi connectivity index (χ3v) is 12.3. The zero-order valence-electron chi connectivity index (χ0n) is 44.0. The fourth-order valence-corrected chi connectivity index (χ4v) is 7.85. The number of hydrogen-bond acceptors (Lipinski definition) is 9. The van der Waals surface area contributed by atoms with Crippen molar-refractivity contribution in [3.05, 3.63) is 35.4 Å². The third-order valence-electron chi connectivity index (χ3n) is 12.3. The molecule has 3 N–H and O–H groups in total. The number of esters is 3. The van der Waals surface area contributed by atoms with Crippen LogP contribution in [0.1, 0.15) is 223 Å². The molecule has 0 heterocycles. The molecule has 1 rings (SSSR count). The summed E-state index contributed by atoms with van der Waals surface area (Å²) in [6.07, 6.45) is 28.4. The van der Waals surface area contributed by atoms with Crippen molar-refractivity contribution in [1.29, 1.82) is 0 Å². The summed E-state index contributed by atoms with van der Waals surface area (Å²) >= 11 is 0. The van der Waals surface area contributed by atoms with E-state index in [1.807, 2.05) is 19.1 Å². The molecule has 1 aromatic rings. The van der Waals surface area contributed by atoms with Gasteiger partial charge in [0, 0.05) is 12.8 Å². The molecule has 0 aromatic heterocycles. The highest BCUT2D eigenvalue weighted by molar-refractivity contribution is 5.93. The molecule has 0 fully saturated rings. The first-order valence-electron chi connectivity index (χ1n) is 26.9.